The van der Waals surface area contributed by atoms with Crippen LogP contribution in [0.3, 0.4) is 0 Å². The first kappa shape index (κ1) is 27.4. The number of imidazole rings is 1. The third-order valence-electron chi connectivity index (χ3n) is 6.49. The molecule has 210 valence electrons. The number of ether oxygens (including phenoxy) is 1. The van der Waals surface area contributed by atoms with Crippen LogP contribution in [0.2, 0.25) is 0 Å². The number of nitrogens with zero attached hydrogens (tertiary/aromatic N) is 5. The molecule has 4 aromatic rings. The van der Waals surface area contributed by atoms with Crippen LogP contribution < -0.4 is 15.5 Å². The number of aryl methyl sites for hydroxylation is 1. The number of hydrogen-bond acceptors (Lipinski definition) is 7. The number of carbonyl (C=O) groups is 1. The van der Waals surface area contributed by atoms with E-state index in [4.69, 9.17) is 9.72 Å². The fourth-order valence-corrected chi connectivity index (χ4v) is 5.10. The Morgan fingerprint density at radius 3 is 2.38 bits per heavy atom. The number of amides is 1. The van der Waals surface area contributed by atoms with Crippen LogP contribution in [0.4, 0.5) is 25.1 Å². The molecule has 2 N–H and O–H groups in total. The topological polar surface area (TPSA) is 97.2 Å². The lowest BCUT2D eigenvalue weighted by Crippen LogP contribution is -2.54. The first-order valence-electron chi connectivity index (χ1n) is 13.2. The number of piperazine rings is 1. The molecule has 0 radical (unpaired) electrons. The van der Waals surface area contributed by atoms with Gasteiger partial charge in [-0.15, -0.1) is 0 Å². The average Bonchev–Trinajstić information content (AvgIpc) is 3.16. The van der Waals surface area contributed by atoms with Gasteiger partial charge in [0.2, 0.25) is 0 Å². The van der Waals surface area contributed by atoms with Gasteiger partial charge in [0.15, 0.2) is 17.3 Å². The third-order valence-corrected chi connectivity index (χ3v) is 6.49. The van der Waals surface area contributed by atoms with Gasteiger partial charge in [0, 0.05) is 49.1 Å². The predicted octanol–water partition coefficient (Wildman–Crippen LogP) is 5.60. The SMILES string of the molecule is Cc1nc2ccc(-c3ccnc(NC(=O)OC(C)(C)C)c3)nc2n1-c1cc(F)c(N2C[C@@H](C)N[C@@H](C)C2)c(F)c1. The monoisotopic (exact) mass is 549 g/mol. The van der Waals surface area contributed by atoms with Gasteiger partial charge in [-0.2, -0.15) is 0 Å². The maximum atomic E-state index is 15.5. The number of halogens is 2. The van der Waals surface area contributed by atoms with E-state index in [1.165, 1.54) is 12.1 Å². The lowest BCUT2D eigenvalue weighted by Gasteiger charge is -2.38. The lowest BCUT2D eigenvalue weighted by atomic mass is 10.1. The van der Waals surface area contributed by atoms with Crippen LogP contribution >= 0.6 is 0 Å². The number of hydrogen-bond donors (Lipinski definition) is 2. The van der Waals surface area contributed by atoms with Crippen LogP contribution in [-0.2, 0) is 4.74 Å². The molecule has 5 rings (SSSR count). The third kappa shape index (κ3) is 5.74. The molecule has 4 heterocycles. The molecule has 1 aliphatic rings. The zero-order chi connectivity index (χ0) is 28.8. The van der Waals surface area contributed by atoms with Gasteiger partial charge in [-0.25, -0.2) is 28.5 Å². The van der Waals surface area contributed by atoms with Crippen LogP contribution in [0.15, 0.2) is 42.6 Å². The van der Waals surface area contributed by atoms with Crippen molar-refractivity contribution in [1.82, 2.24) is 24.8 Å². The molecule has 1 fully saturated rings. The maximum absolute atomic E-state index is 15.5. The number of aromatic nitrogens is 4. The summed E-state index contributed by atoms with van der Waals surface area (Å²) in [7, 11) is 0. The highest BCUT2D eigenvalue weighted by molar-refractivity contribution is 5.85. The largest absolute Gasteiger partial charge is 0.444 e. The standard InChI is InChI=1S/C29H33F2N7O2/c1-16-14-37(15-17(2)33-16)26-21(30)12-20(13-22(26)31)38-18(3)34-24-8-7-23(35-27(24)38)19-9-10-32-25(11-19)36-28(39)40-29(4,5)6/h7-13,16-17,33H,14-15H2,1-6H3,(H,32,36,39)/t16-,17+. The van der Waals surface area contributed by atoms with Crippen molar-refractivity contribution in [2.45, 2.75) is 59.2 Å². The van der Waals surface area contributed by atoms with E-state index in [2.05, 4.69) is 20.6 Å². The summed E-state index contributed by atoms with van der Waals surface area (Å²) in [6.07, 6.45) is 0.934. The fraction of sp³-hybridized carbons (Fsp3) is 0.379. The fourth-order valence-electron chi connectivity index (χ4n) is 5.10. The van der Waals surface area contributed by atoms with E-state index < -0.39 is 23.3 Å². The second kappa shape index (κ2) is 10.5. The Hall–Kier alpha value is -4.12. The Morgan fingerprint density at radius 1 is 1.05 bits per heavy atom. The van der Waals surface area contributed by atoms with Gasteiger partial charge in [-0.1, -0.05) is 0 Å². The number of carbonyl (C=O) groups excluding carboxylic acids is 1. The van der Waals surface area contributed by atoms with E-state index in [-0.39, 0.29) is 17.8 Å². The molecular formula is C29H33F2N7O2. The normalized spacial score (nSPS) is 17.8. The molecule has 9 nitrogen and oxygen atoms in total. The number of benzene rings is 1. The second-order valence-corrected chi connectivity index (χ2v) is 11.2. The quantitative estimate of drug-likeness (QED) is 0.342. The zero-order valence-electron chi connectivity index (χ0n) is 23.4. The maximum Gasteiger partial charge on any atom is 0.413 e. The summed E-state index contributed by atoms with van der Waals surface area (Å²) in [5, 5.41) is 6.01. The minimum absolute atomic E-state index is 0.0264. The van der Waals surface area contributed by atoms with Crippen molar-refractivity contribution in [2.24, 2.45) is 0 Å². The molecule has 11 heteroatoms. The number of fused-ring (bicyclic) bond motifs is 1. The van der Waals surface area contributed by atoms with Gasteiger partial charge in [0.25, 0.3) is 0 Å². The van der Waals surface area contributed by atoms with E-state index >= 15 is 8.78 Å². The molecular weight excluding hydrogens is 516 g/mol. The minimum atomic E-state index is -0.649. The van der Waals surface area contributed by atoms with Gasteiger partial charge in [-0.05, 0) is 65.8 Å². The summed E-state index contributed by atoms with van der Waals surface area (Å²) in [5.74, 6) is -0.436. The van der Waals surface area contributed by atoms with Crippen molar-refractivity contribution < 1.29 is 18.3 Å². The van der Waals surface area contributed by atoms with E-state index in [0.29, 0.717) is 52.8 Å². The number of pyridine rings is 2. The Kier molecular flexibility index (Phi) is 7.17. The molecule has 1 amide bonds. The summed E-state index contributed by atoms with van der Waals surface area (Å²) < 4.78 is 37.9. The highest BCUT2D eigenvalue weighted by atomic mass is 19.1. The Bertz CT molecular complexity index is 1550. The molecule has 2 atom stereocenters. The molecule has 0 spiro atoms. The van der Waals surface area contributed by atoms with Gasteiger partial charge in [-0.3, -0.25) is 9.88 Å². The molecule has 0 unspecified atom stereocenters. The molecule has 1 saturated heterocycles. The Labute approximate surface area is 231 Å². The van der Waals surface area contributed by atoms with Crippen molar-refractivity contribution >= 4 is 28.8 Å². The van der Waals surface area contributed by atoms with Crippen molar-refractivity contribution in [3.63, 3.8) is 0 Å². The van der Waals surface area contributed by atoms with Crippen LogP contribution in [-0.4, -0.2) is 56.4 Å². The van der Waals surface area contributed by atoms with Crippen LogP contribution in [0.1, 0.15) is 40.4 Å². The first-order valence-corrected chi connectivity index (χ1v) is 13.2. The number of anilines is 2. The van der Waals surface area contributed by atoms with Crippen LogP contribution in [0.5, 0.6) is 0 Å². The highest BCUT2D eigenvalue weighted by Crippen LogP contribution is 2.31. The molecule has 0 saturated carbocycles. The first-order chi connectivity index (χ1) is 18.9. The highest BCUT2D eigenvalue weighted by Gasteiger charge is 2.27. The summed E-state index contributed by atoms with van der Waals surface area (Å²) in [6.45, 7) is 12.1. The zero-order valence-corrected chi connectivity index (χ0v) is 23.4. The number of rotatable bonds is 4. The molecule has 3 aromatic heterocycles. The second-order valence-electron chi connectivity index (χ2n) is 11.2. The van der Waals surface area contributed by atoms with Gasteiger partial charge in [0.1, 0.15) is 28.4 Å². The van der Waals surface area contributed by atoms with Gasteiger partial charge in [0.05, 0.1) is 11.4 Å². The predicted molar refractivity (Wildman–Crippen MR) is 151 cm³/mol. The minimum Gasteiger partial charge on any atom is -0.444 e. The molecule has 1 aromatic carbocycles. The molecule has 1 aliphatic heterocycles. The summed E-state index contributed by atoms with van der Waals surface area (Å²) in [5.41, 5.74) is 1.90. The lowest BCUT2D eigenvalue weighted by molar-refractivity contribution is 0.0635. The molecule has 0 bridgehead atoms. The van der Waals surface area contributed by atoms with Crippen molar-refractivity contribution in [3.8, 4) is 16.9 Å². The van der Waals surface area contributed by atoms with Crippen LogP contribution in [0.25, 0.3) is 28.1 Å². The molecule has 0 aliphatic carbocycles. The van der Waals surface area contributed by atoms with Crippen molar-refractivity contribution in [1.29, 1.82) is 0 Å². The van der Waals surface area contributed by atoms with Gasteiger partial charge < -0.3 is 15.0 Å². The van der Waals surface area contributed by atoms with E-state index in [1.807, 2.05) is 13.8 Å². The van der Waals surface area contributed by atoms with Crippen molar-refractivity contribution in [3.05, 3.63) is 60.1 Å². The van der Waals surface area contributed by atoms with Crippen molar-refractivity contribution in [2.75, 3.05) is 23.3 Å². The van der Waals surface area contributed by atoms with E-state index in [9.17, 15) is 4.79 Å². The Morgan fingerprint density at radius 2 is 1.73 bits per heavy atom. The molecule has 40 heavy (non-hydrogen) atoms. The Balaban J connectivity index is 1.49. The van der Waals surface area contributed by atoms with E-state index in [1.54, 1.807) is 67.6 Å². The number of nitrogens with one attached hydrogen (secondary N) is 2. The van der Waals surface area contributed by atoms with Gasteiger partial charge >= 0.3 is 6.09 Å². The average molecular weight is 550 g/mol. The smallest absolute Gasteiger partial charge is 0.413 e. The van der Waals surface area contributed by atoms with Crippen LogP contribution in [0, 0.1) is 18.6 Å². The summed E-state index contributed by atoms with van der Waals surface area (Å²) >= 11 is 0. The summed E-state index contributed by atoms with van der Waals surface area (Å²) in [6, 6.07) is 9.90. The van der Waals surface area contributed by atoms with E-state index in [0.717, 1.165) is 0 Å². The summed E-state index contributed by atoms with van der Waals surface area (Å²) in [4.78, 5) is 27.5.